The lowest BCUT2D eigenvalue weighted by Crippen LogP contribution is -2.24. The standard InChI is InChI=1S/C29H31FN6O4S/c30-20-9-8-18(15-22(20)32-29(38)25-16-19-5-1-2-6-24(19)41-25)21-17-23(28(37)34-33-21)31-26-10-11-36(35-26)12-14-40-27-7-3-4-13-39-27/h8-11,15-17,27H,1-7,12-14H2,(H,32,38)(H,34,37)(H,31,33,35). The third-order valence-electron chi connectivity index (χ3n) is 7.20. The molecule has 6 rings (SSSR count). The summed E-state index contributed by atoms with van der Waals surface area (Å²) < 4.78 is 27.8. The fraction of sp³-hybridized carbons (Fsp3) is 0.379. The number of benzene rings is 1. The molecule has 3 N–H and O–H groups in total. The molecular weight excluding hydrogens is 547 g/mol. The molecule has 10 nitrogen and oxygen atoms in total. The summed E-state index contributed by atoms with van der Waals surface area (Å²) in [5.74, 6) is -0.424. The number of hydrogen-bond acceptors (Lipinski definition) is 8. The van der Waals surface area contributed by atoms with E-state index in [1.807, 2.05) is 6.07 Å². The minimum atomic E-state index is -0.559. The number of amides is 1. The average molecular weight is 579 g/mol. The van der Waals surface area contributed by atoms with Crippen LogP contribution in [0.15, 0.2) is 47.4 Å². The van der Waals surface area contributed by atoms with E-state index in [9.17, 15) is 14.0 Å². The van der Waals surface area contributed by atoms with Crippen molar-refractivity contribution in [1.82, 2.24) is 20.0 Å². The molecule has 1 amide bonds. The first-order chi connectivity index (χ1) is 20.0. The number of thiophene rings is 1. The van der Waals surface area contributed by atoms with Gasteiger partial charge >= 0.3 is 0 Å². The van der Waals surface area contributed by atoms with Gasteiger partial charge in [-0.1, -0.05) is 0 Å². The number of aryl methyl sites for hydroxylation is 2. The molecule has 0 bridgehead atoms. The van der Waals surface area contributed by atoms with Crippen molar-refractivity contribution in [2.45, 2.75) is 57.8 Å². The highest BCUT2D eigenvalue weighted by molar-refractivity contribution is 7.14. The molecule has 0 spiro atoms. The molecule has 1 aromatic carbocycles. The second-order valence-corrected chi connectivity index (χ2v) is 11.3. The van der Waals surface area contributed by atoms with Crippen LogP contribution in [0.25, 0.3) is 11.3 Å². The number of rotatable bonds is 9. The molecule has 1 aliphatic heterocycles. The molecule has 3 aromatic heterocycles. The summed E-state index contributed by atoms with van der Waals surface area (Å²) in [6, 6.07) is 9.56. The van der Waals surface area contributed by atoms with Gasteiger partial charge in [-0.05, 0) is 80.8 Å². The maximum atomic E-state index is 14.7. The van der Waals surface area contributed by atoms with Crippen LogP contribution >= 0.6 is 11.3 Å². The Morgan fingerprint density at radius 2 is 2.05 bits per heavy atom. The minimum Gasteiger partial charge on any atom is -0.353 e. The zero-order chi connectivity index (χ0) is 28.2. The lowest BCUT2D eigenvalue weighted by atomic mass is 9.99. The van der Waals surface area contributed by atoms with E-state index in [4.69, 9.17) is 9.47 Å². The molecule has 0 radical (unpaired) electrons. The first-order valence-corrected chi connectivity index (χ1v) is 14.7. The average Bonchev–Trinajstić information content (AvgIpc) is 3.63. The van der Waals surface area contributed by atoms with Crippen LogP contribution in [0.1, 0.15) is 52.2 Å². The Labute approximate surface area is 239 Å². The molecule has 4 heterocycles. The van der Waals surface area contributed by atoms with E-state index in [2.05, 4.69) is 25.9 Å². The van der Waals surface area contributed by atoms with Gasteiger partial charge in [0.15, 0.2) is 12.1 Å². The van der Waals surface area contributed by atoms with Gasteiger partial charge in [0, 0.05) is 29.3 Å². The van der Waals surface area contributed by atoms with E-state index >= 15 is 0 Å². The number of fused-ring (bicyclic) bond motifs is 1. The molecule has 41 heavy (non-hydrogen) atoms. The third-order valence-corrected chi connectivity index (χ3v) is 8.44. The van der Waals surface area contributed by atoms with Crippen molar-refractivity contribution in [1.29, 1.82) is 0 Å². The Morgan fingerprint density at radius 1 is 1.15 bits per heavy atom. The second kappa shape index (κ2) is 12.3. The maximum Gasteiger partial charge on any atom is 0.287 e. The van der Waals surface area contributed by atoms with Crippen molar-refractivity contribution in [2.24, 2.45) is 0 Å². The maximum absolute atomic E-state index is 14.7. The Morgan fingerprint density at radius 3 is 2.90 bits per heavy atom. The fourth-order valence-corrected chi connectivity index (χ4v) is 6.17. The summed E-state index contributed by atoms with van der Waals surface area (Å²) in [5.41, 5.74) is 1.98. The van der Waals surface area contributed by atoms with E-state index in [1.165, 1.54) is 33.9 Å². The zero-order valence-electron chi connectivity index (χ0n) is 22.5. The third kappa shape index (κ3) is 6.55. The van der Waals surface area contributed by atoms with Gasteiger partial charge in [0.25, 0.3) is 11.5 Å². The zero-order valence-corrected chi connectivity index (χ0v) is 23.3. The predicted molar refractivity (Wildman–Crippen MR) is 154 cm³/mol. The van der Waals surface area contributed by atoms with Gasteiger partial charge < -0.3 is 20.1 Å². The van der Waals surface area contributed by atoms with Gasteiger partial charge in [-0.25, -0.2) is 9.49 Å². The van der Waals surface area contributed by atoms with E-state index < -0.39 is 11.4 Å². The smallest absolute Gasteiger partial charge is 0.287 e. The highest BCUT2D eigenvalue weighted by Gasteiger charge is 2.19. The summed E-state index contributed by atoms with van der Waals surface area (Å²) in [6.07, 6.45) is 8.91. The van der Waals surface area contributed by atoms with Crippen LogP contribution in [0.2, 0.25) is 0 Å². The number of aromatic nitrogens is 4. The molecule has 1 aliphatic carbocycles. The van der Waals surface area contributed by atoms with Gasteiger partial charge in [0.1, 0.15) is 11.5 Å². The number of carbonyl (C=O) groups excluding carboxylic acids is 1. The summed E-state index contributed by atoms with van der Waals surface area (Å²) in [4.78, 5) is 27.2. The van der Waals surface area contributed by atoms with Gasteiger partial charge in [-0.2, -0.15) is 10.2 Å². The second-order valence-electron chi connectivity index (χ2n) is 10.2. The number of aromatic amines is 1. The predicted octanol–water partition coefficient (Wildman–Crippen LogP) is 5.25. The number of carbonyl (C=O) groups is 1. The van der Waals surface area contributed by atoms with Crippen LogP contribution < -0.4 is 16.2 Å². The first kappa shape index (κ1) is 27.3. The van der Waals surface area contributed by atoms with Crippen LogP contribution in [0.5, 0.6) is 0 Å². The highest BCUT2D eigenvalue weighted by atomic mass is 32.1. The quantitative estimate of drug-likeness (QED) is 0.248. The summed E-state index contributed by atoms with van der Waals surface area (Å²) >= 11 is 1.47. The number of halogens is 1. The summed E-state index contributed by atoms with van der Waals surface area (Å²) in [7, 11) is 0. The van der Waals surface area contributed by atoms with Gasteiger partial charge in [0.2, 0.25) is 0 Å². The lowest BCUT2D eigenvalue weighted by Gasteiger charge is -2.22. The molecule has 1 saturated heterocycles. The van der Waals surface area contributed by atoms with E-state index in [-0.39, 0.29) is 23.6 Å². The van der Waals surface area contributed by atoms with Crippen molar-refractivity contribution in [2.75, 3.05) is 23.8 Å². The number of nitrogens with zero attached hydrogens (tertiary/aromatic N) is 3. The SMILES string of the molecule is O=C(Nc1cc(-c2cc(Nc3ccn(CCOC4CCCCO4)n3)c(=O)[nH]n2)ccc1F)c1cc2c(s1)CCCC2. The molecule has 1 unspecified atom stereocenters. The van der Waals surface area contributed by atoms with E-state index in [0.29, 0.717) is 35.1 Å². The Kier molecular flexibility index (Phi) is 8.21. The Hall–Kier alpha value is -3.87. The van der Waals surface area contributed by atoms with Crippen molar-refractivity contribution in [3.05, 3.63) is 74.1 Å². The van der Waals surface area contributed by atoms with Crippen LogP contribution in [0, 0.1) is 5.82 Å². The minimum absolute atomic E-state index is 0.0426. The van der Waals surface area contributed by atoms with Crippen molar-refractivity contribution >= 4 is 34.4 Å². The number of nitrogens with one attached hydrogen (secondary N) is 3. The van der Waals surface area contributed by atoms with Crippen LogP contribution in [-0.2, 0) is 28.9 Å². The largest absolute Gasteiger partial charge is 0.353 e. The molecular formula is C29H31FN6O4S. The highest BCUT2D eigenvalue weighted by Crippen LogP contribution is 2.31. The van der Waals surface area contributed by atoms with Crippen molar-refractivity contribution in [3.8, 4) is 11.3 Å². The first-order valence-electron chi connectivity index (χ1n) is 13.9. The van der Waals surface area contributed by atoms with Gasteiger partial charge in [-0.15, -0.1) is 11.3 Å². The number of hydrogen-bond donors (Lipinski definition) is 3. The number of H-pyrrole nitrogens is 1. The molecule has 1 atom stereocenters. The molecule has 1 fully saturated rings. The molecule has 12 heteroatoms. The molecule has 4 aromatic rings. The van der Waals surface area contributed by atoms with Crippen LogP contribution in [0.4, 0.5) is 21.6 Å². The number of anilines is 3. The normalized spacial score (nSPS) is 16.8. The Balaban J connectivity index is 1.12. The summed E-state index contributed by atoms with van der Waals surface area (Å²) in [5, 5.41) is 16.8. The van der Waals surface area contributed by atoms with Gasteiger partial charge in [0.05, 0.1) is 29.4 Å². The molecule has 2 aliphatic rings. The van der Waals surface area contributed by atoms with Crippen molar-refractivity contribution in [3.63, 3.8) is 0 Å². The van der Waals surface area contributed by atoms with Crippen molar-refractivity contribution < 1.29 is 18.7 Å². The fourth-order valence-electron chi connectivity index (χ4n) is 5.02. The summed E-state index contributed by atoms with van der Waals surface area (Å²) in [6.45, 7) is 1.73. The van der Waals surface area contributed by atoms with Crippen LogP contribution in [-0.4, -0.2) is 45.4 Å². The van der Waals surface area contributed by atoms with E-state index in [1.54, 1.807) is 29.1 Å². The van der Waals surface area contributed by atoms with Crippen LogP contribution in [0.3, 0.4) is 0 Å². The van der Waals surface area contributed by atoms with Gasteiger partial charge in [-0.3, -0.25) is 14.3 Å². The Bertz CT molecular complexity index is 1570. The monoisotopic (exact) mass is 578 g/mol. The number of ether oxygens (including phenoxy) is 2. The topological polar surface area (TPSA) is 123 Å². The molecule has 214 valence electrons. The molecule has 0 saturated carbocycles. The van der Waals surface area contributed by atoms with E-state index in [0.717, 1.165) is 51.6 Å². The lowest BCUT2D eigenvalue weighted by molar-refractivity contribution is -0.163.